The molecule has 0 atom stereocenters. The molecule has 0 radical (unpaired) electrons. The highest BCUT2D eigenvalue weighted by atomic mass is 16.1. The smallest absolute Gasteiger partial charge is 0.250 e. The molecule has 1 aromatic carbocycles. The maximum atomic E-state index is 12.3. The number of carbonyl (C=O) groups is 2. The third kappa shape index (κ3) is 3.51. The molecular formula is C20H26N4O2. The molecule has 6 heteroatoms. The molecule has 1 aromatic heterocycles. The molecule has 0 saturated carbocycles. The third-order valence-corrected chi connectivity index (χ3v) is 4.81. The number of Topliss-reactive ketones (excluding diaryl/α,β-unsaturated/α-hetero) is 1. The second kappa shape index (κ2) is 7.33. The molecule has 0 spiro atoms. The molecule has 1 aliphatic rings. The Bertz CT molecular complexity index is 852. The Kier molecular flexibility index (Phi) is 5.13. The fourth-order valence-corrected chi connectivity index (χ4v) is 3.54. The van der Waals surface area contributed by atoms with Crippen LogP contribution in [-0.4, -0.2) is 48.3 Å². The number of aromatic nitrogens is 1. The fraction of sp³-hybridized carbons (Fsp3) is 0.400. The standard InChI is InChI=1S/C20H26N4O2/c1-13-12-24(17-5-4-6-18(25)19(13)17)14-7-8-15(20(21)26)16(11-14)22-9-10-23(2)3/h7-8,11-12,22H,4-6,9-10H2,1-3H3,(H2,21,26). The number of nitrogens with zero attached hydrogens (tertiary/aromatic N) is 2. The lowest BCUT2D eigenvalue weighted by Crippen LogP contribution is -2.22. The maximum absolute atomic E-state index is 12.3. The van der Waals surface area contributed by atoms with Crippen LogP contribution in [0.2, 0.25) is 0 Å². The highest BCUT2D eigenvalue weighted by molar-refractivity contribution is 6.00. The Morgan fingerprint density at radius 1 is 1.31 bits per heavy atom. The minimum Gasteiger partial charge on any atom is -0.383 e. The summed E-state index contributed by atoms with van der Waals surface area (Å²) in [5.41, 5.74) is 10.6. The van der Waals surface area contributed by atoms with Gasteiger partial charge in [-0.2, -0.15) is 0 Å². The zero-order chi connectivity index (χ0) is 18.8. The van der Waals surface area contributed by atoms with Gasteiger partial charge in [-0.05, 0) is 57.6 Å². The number of amides is 1. The summed E-state index contributed by atoms with van der Waals surface area (Å²) >= 11 is 0. The van der Waals surface area contributed by atoms with Crippen LogP contribution in [0, 0.1) is 6.92 Å². The Hall–Kier alpha value is -2.60. The molecule has 2 aromatic rings. The predicted octanol–water partition coefficient (Wildman–Crippen LogP) is 2.38. The summed E-state index contributed by atoms with van der Waals surface area (Å²) in [6.07, 6.45) is 4.39. The number of fused-ring (bicyclic) bond motifs is 1. The van der Waals surface area contributed by atoms with Crippen LogP contribution in [0.5, 0.6) is 0 Å². The van der Waals surface area contributed by atoms with Crippen molar-refractivity contribution < 1.29 is 9.59 Å². The molecule has 3 rings (SSSR count). The van der Waals surface area contributed by atoms with Crippen molar-refractivity contribution in [2.24, 2.45) is 5.73 Å². The van der Waals surface area contributed by atoms with E-state index in [-0.39, 0.29) is 5.78 Å². The van der Waals surface area contributed by atoms with Crippen LogP contribution in [0.3, 0.4) is 0 Å². The van der Waals surface area contributed by atoms with Crippen LogP contribution >= 0.6 is 0 Å². The number of nitrogens with one attached hydrogen (secondary N) is 1. The first-order chi connectivity index (χ1) is 12.4. The summed E-state index contributed by atoms with van der Waals surface area (Å²) < 4.78 is 2.07. The van der Waals surface area contributed by atoms with Crippen molar-refractivity contribution in [2.75, 3.05) is 32.5 Å². The molecule has 26 heavy (non-hydrogen) atoms. The molecule has 6 nitrogen and oxygen atoms in total. The first kappa shape index (κ1) is 18.2. The van der Waals surface area contributed by atoms with Gasteiger partial charge >= 0.3 is 0 Å². The van der Waals surface area contributed by atoms with Gasteiger partial charge in [-0.1, -0.05) is 0 Å². The normalized spacial score (nSPS) is 13.8. The highest BCUT2D eigenvalue weighted by Gasteiger charge is 2.24. The van der Waals surface area contributed by atoms with E-state index in [1.807, 2.05) is 39.3 Å². The third-order valence-electron chi connectivity index (χ3n) is 4.81. The summed E-state index contributed by atoms with van der Waals surface area (Å²) in [5, 5.41) is 3.31. The lowest BCUT2D eigenvalue weighted by atomic mass is 9.94. The van der Waals surface area contributed by atoms with Crippen molar-refractivity contribution in [1.82, 2.24) is 9.47 Å². The Morgan fingerprint density at radius 2 is 2.08 bits per heavy atom. The monoisotopic (exact) mass is 354 g/mol. The van der Waals surface area contributed by atoms with E-state index in [0.717, 1.165) is 47.6 Å². The molecular weight excluding hydrogens is 328 g/mol. The maximum Gasteiger partial charge on any atom is 0.250 e. The van der Waals surface area contributed by atoms with Gasteiger partial charge in [0, 0.05) is 48.3 Å². The van der Waals surface area contributed by atoms with E-state index < -0.39 is 5.91 Å². The summed E-state index contributed by atoms with van der Waals surface area (Å²) in [6.45, 7) is 3.53. The van der Waals surface area contributed by atoms with Gasteiger partial charge < -0.3 is 20.5 Å². The summed E-state index contributed by atoms with van der Waals surface area (Å²) in [6, 6.07) is 5.58. The number of aryl methyl sites for hydroxylation is 1. The number of hydrogen-bond donors (Lipinski definition) is 2. The lowest BCUT2D eigenvalue weighted by Gasteiger charge is -2.18. The van der Waals surface area contributed by atoms with Gasteiger partial charge in [-0.3, -0.25) is 9.59 Å². The number of ketones is 1. The van der Waals surface area contributed by atoms with Crippen molar-refractivity contribution in [1.29, 1.82) is 0 Å². The van der Waals surface area contributed by atoms with Gasteiger partial charge in [-0.25, -0.2) is 0 Å². The Balaban J connectivity index is 2.00. The molecule has 3 N–H and O–H groups in total. The molecule has 0 fully saturated rings. The summed E-state index contributed by atoms with van der Waals surface area (Å²) in [4.78, 5) is 26.1. The van der Waals surface area contributed by atoms with E-state index in [1.54, 1.807) is 6.07 Å². The number of benzene rings is 1. The molecule has 0 unspecified atom stereocenters. The molecule has 1 heterocycles. The lowest BCUT2D eigenvalue weighted by molar-refractivity contribution is 0.0969. The predicted molar refractivity (Wildman–Crippen MR) is 103 cm³/mol. The quantitative estimate of drug-likeness (QED) is 0.835. The van der Waals surface area contributed by atoms with E-state index in [9.17, 15) is 9.59 Å². The largest absolute Gasteiger partial charge is 0.383 e. The second-order valence-corrected chi connectivity index (χ2v) is 7.10. The average Bonchev–Trinajstić information content (AvgIpc) is 2.92. The number of nitrogens with two attached hydrogens (primary N) is 1. The van der Waals surface area contributed by atoms with Crippen molar-refractivity contribution in [3.63, 3.8) is 0 Å². The van der Waals surface area contributed by atoms with E-state index in [2.05, 4.69) is 14.8 Å². The minimum absolute atomic E-state index is 0.223. The van der Waals surface area contributed by atoms with Crippen molar-refractivity contribution in [3.8, 4) is 5.69 Å². The van der Waals surface area contributed by atoms with Gasteiger partial charge in [0.2, 0.25) is 0 Å². The number of rotatable bonds is 6. The first-order valence-electron chi connectivity index (χ1n) is 8.95. The zero-order valence-electron chi connectivity index (χ0n) is 15.6. The van der Waals surface area contributed by atoms with Gasteiger partial charge in [0.15, 0.2) is 5.78 Å². The van der Waals surface area contributed by atoms with Crippen LogP contribution in [0.4, 0.5) is 5.69 Å². The molecule has 138 valence electrons. The molecule has 0 bridgehead atoms. The fourth-order valence-electron chi connectivity index (χ4n) is 3.54. The van der Waals surface area contributed by atoms with Crippen LogP contribution in [-0.2, 0) is 6.42 Å². The zero-order valence-corrected chi connectivity index (χ0v) is 15.6. The summed E-state index contributed by atoms with van der Waals surface area (Å²) in [7, 11) is 4.00. The average molecular weight is 354 g/mol. The van der Waals surface area contributed by atoms with Crippen molar-refractivity contribution in [2.45, 2.75) is 26.2 Å². The van der Waals surface area contributed by atoms with Crippen LogP contribution in [0.1, 0.15) is 44.8 Å². The van der Waals surface area contributed by atoms with Gasteiger partial charge in [-0.15, -0.1) is 0 Å². The van der Waals surface area contributed by atoms with E-state index in [1.165, 1.54) is 0 Å². The number of likely N-dealkylation sites (N-methyl/N-ethyl adjacent to an activating group) is 1. The second-order valence-electron chi connectivity index (χ2n) is 7.10. The van der Waals surface area contributed by atoms with E-state index in [0.29, 0.717) is 18.5 Å². The molecule has 0 aliphatic heterocycles. The van der Waals surface area contributed by atoms with Crippen LogP contribution in [0.25, 0.3) is 5.69 Å². The van der Waals surface area contributed by atoms with Gasteiger partial charge in [0.05, 0.1) is 5.56 Å². The van der Waals surface area contributed by atoms with Crippen molar-refractivity contribution >= 4 is 17.4 Å². The van der Waals surface area contributed by atoms with E-state index in [4.69, 9.17) is 5.73 Å². The first-order valence-corrected chi connectivity index (χ1v) is 8.95. The number of hydrogen-bond acceptors (Lipinski definition) is 4. The van der Waals surface area contributed by atoms with Crippen LogP contribution < -0.4 is 11.1 Å². The topological polar surface area (TPSA) is 80.4 Å². The van der Waals surface area contributed by atoms with Gasteiger partial charge in [0.1, 0.15) is 0 Å². The molecule has 1 aliphatic carbocycles. The Labute approximate surface area is 154 Å². The number of anilines is 1. The highest BCUT2D eigenvalue weighted by Crippen LogP contribution is 2.30. The summed E-state index contributed by atoms with van der Waals surface area (Å²) in [5.74, 6) is -0.231. The number of primary amides is 1. The molecule has 0 saturated heterocycles. The van der Waals surface area contributed by atoms with Gasteiger partial charge in [0.25, 0.3) is 5.91 Å². The molecule has 1 amide bonds. The SMILES string of the molecule is Cc1cn(-c2ccc(C(N)=O)c(NCCN(C)C)c2)c2c1C(=O)CCC2. The Morgan fingerprint density at radius 3 is 2.77 bits per heavy atom. The van der Waals surface area contributed by atoms with E-state index >= 15 is 0 Å². The van der Waals surface area contributed by atoms with Crippen LogP contribution in [0.15, 0.2) is 24.4 Å². The number of carbonyl (C=O) groups excluding carboxylic acids is 2. The minimum atomic E-state index is -0.454. The van der Waals surface area contributed by atoms with Crippen molar-refractivity contribution in [3.05, 3.63) is 46.8 Å².